The second-order valence-corrected chi connectivity index (χ2v) is 4.20. The third-order valence-corrected chi connectivity index (χ3v) is 2.32. The van der Waals surface area contributed by atoms with Gasteiger partial charge in [-0.1, -0.05) is 24.3 Å². The van der Waals surface area contributed by atoms with Crippen molar-refractivity contribution in [1.82, 2.24) is 4.90 Å². The Morgan fingerprint density at radius 2 is 1.61 bits per heavy atom. The highest BCUT2D eigenvalue weighted by molar-refractivity contribution is 6.05. The number of carbonyl (C=O) groups excluding carboxylic acids is 2. The lowest BCUT2D eigenvalue weighted by Gasteiger charge is -2.17. The van der Waals surface area contributed by atoms with Crippen LogP contribution >= 0.6 is 0 Å². The Balaban J connectivity index is 2.54. The fourth-order valence-corrected chi connectivity index (χ4v) is 1.45. The molecule has 0 saturated carbocycles. The number of carbonyl (C=O) groups is 2. The normalized spacial score (nSPS) is 21.4. The molecule has 2 amide bonds. The van der Waals surface area contributed by atoms with E-state index in [1.54, 1.807) is 24.3 Å². The molecule has 0 aromatic carbocycles. The number of rotatable bonds is 5. The summed E-state index contributed by atoms with van der Waals surface area (Å²) in [6, 6.07) is 0. The molecule has 0 N–H and O–H groups in total. The van der Waals surface area contributed by atoms with Gasteiger partial charge in [0.2, 0.25) is 0 Å². The van der Waals surface area contributed by atoms with Gasteiger partial charge in [0, 0.05) is 25.3 Å². The maximum Gasteiger partial charge on any atom is 0.253 e. The van der Waals surface area contributed by atoms with Crippen LogP contribution in [0.5, 0.6) is 0 Å². The van der Waals surface area contributed by atoms with Gasteiger partial charge >= 0.3 is 0 Å². The third kappa shape index (κ3) is 5.10. The highest BCUT2D eigenvalue weighted by atomic mass is 16.5. The topological polar surface area (TPSA) is 46.6 Å². The van der Waals surface area contributed by atoms with Crippen molar-refractivity contribution in [3.63, 3.8) is 0 Å². The van der Waals surface area contributed by atoms with Crippen molar-refractivity contribution >= 4 is 11.8 Å². The molecule has 0 aromatic rings. The van der Waals surface area contributed by atoms with E-state index in [2.05, 4.69) is 0 Å². The van der Waals surface area contributed by atoms with Crippen molar-refractivity contribution in [2.45, 2.75) is 26.4 Å². The smallest absolute Gasteiger partial charge is 0.253 e. The van der Waals surface area contributed by atoms with E-state index in [-0.39, 0.29) is 17.9 Å². The summed E-state index contributed by atoms with van der Waals surface area (Å²) in [5, 5.41) is 0. The second-order valence-electron chi connectivity index (χ2n) is 4.20. The predicted molar refractivity (Wildman–Crippen MR) is 69.8 cm³/mol. The van der Waals surface area contributed by atoms with Crippen LogP contribution in [0.2, 0.25) is 0 Å². The minimum atomic E-state index is -0.291. The van der Waals surface area contributed by atoms with E-state index in [9.17, 15) is 9.59 Å². The minimum Gasteiger partial charge on any atom is -0.379 e. The number of ether oxygens (including phenoxy) is 1. The first-order valence-electron chi connectivity index (χ1n) is 6.09. The summed E-state index contributed by atoms with van der Waals surface area (Å²) in [4.78, 5) is 24.8. The molecule has 18 heavy (non-hydrogen) atoms. The first kappa shape index (κ1) is 14.4. The Hall–Kier alpha value is -1.68. The lowest BCUT2D eigenvalue weighted by molar-refractivity contribution is -0.138. The fraction of sp³-hybridized carbons (Fsp3) is 0.429. The van der Waals surface area contributed by atoms with Crippen LogP contribution in [0.15, 0.2) is 36.5 Å². The number of hydrogen-bond donors (Lipinski definition) is 0. The fourth-order valence-electron chi connectivity index (χ4n) is 1.45. The Bertz CT molecular complexity index is 353. The van der Waals surface area contributed by atoms with Crippen LogP contribution < -0.4 is 0 Å². The average Bonchev–Trinajstić information content (AvgIpc) is 2.38. The van der Waals surface area contributed by atoms with Crippen LogP contribution in [0.4, 0.5) is 0 Å². The molecule has 4 heteroatoms. The molecule has 1 aliphatic rings. The van der Waals surface area contributed by atoms with Gasteiger partial charge in [-0.3, -0.25) is 14.5 Å². The van der Waals surface area contributed by atoms with E-state index < -0.39 is 0 Å². The molecule has 0 saturated heterocycles. The van der Waals surface area contributed by atoms with Crippen LogP contribution in [-0.4, -0.2) is 36.0 Å². The second kappa shape index (κ2) is 7.61. The van der Waals surface area contributed by atoms with Crippen molar-refractivity contribution in [2.24, 2.45) is 0 Å². The Morgan fingerprint density at radius 1 is 1.06 bits per heavy atom. The van der Waals surface area contributed by atoms with E-state index in [0.717, 1.165) is 0 Å². The van der Waals surface area contributed by atoms with Gasteiger partial charge in [0.25, 0.3) is 11.8 Å². The van der Waals surface area contributed by atoms with E-state index in [4.69, 9.17) is 4.74 Å². The van der Waals surface area contributed by atoms with Gasteiger partial charge in [-0.25, -0.2) is 0 Å². The summed E-state index contributed by atoms with van der Waals surface area (Å²) in [5.41, 5.74) is 0. The van der Waals surface area contributed by atoms with Crippen molar-refractivity contribution in [2.75, 3.05) is 13.2 Å². The van der Waals surface area contributed by atoms with Crippen LogP contribution in [0.25, 0.3) is 0 Å². The largest absolute Gasteiger partial charge is 0.379 e. The quantitative estimate of drug-likeness (QED) is 0.551. The summed E-state index contributed by atoms with van der Waals surface area (Å²) in [6.07, 6.45) is 10.3. The molecule has 98 valence electrons. The number of amides is 2. The van der Waals surface area contributed by atoms with E-state index in [0.29, 0.717) is 19.6 Å². The van der Waals surface area contributed by atoms with Gasteiger partial charge in [-0.15, -0.1) is 0 Å². The molecule has 0 fully saturated rings. The van der Waals surface area contributed by atoms with Crippen molar-refractivity contribution in [1.29, 1.82) is 0 Å². The summed E-state index contributed by atoms with van der Waals surface area (Å²) >= 11 is 0. The number of allylic oxidation sites excluding steroid dienone is 4. The zero-order valence-electron chi connectivity index (χ0n) is 10.8. The molecule has 1 rings (SSSR count). The molecular weight excluding hydrogens is 230 g/mol. The van der Waals surface area contributed by atoms with Gasteiger partial charge < -0.3 is 4.74 Å². The zero-order chi connectivity index (χ0) is 13.4. The van der Waals surface area contributed by atoms with Gasteiger partial charge in [0.1, 0.15) is 0 Å². The van der Waals surface area contributed by atoms with Gasteiger partial charge in [-0.05, 0) is 20.3 Å². The molecule has 1 heterocycles. The van der Waals surface area contributed by atoms with Crippen LogP contribution in [0.1, 0.15) is 20.3 Å². The first-order chi connectivity index (χ1) is 8.61. The van der Waals surface area contributed by atoms with Gasteiger partial charge in [-0.2, -0.15) is 0 Å². The average molecular weight is 249 g/mol. The summed E-state index contributed by atoms with van der Waals surface area (Å²) in [5.74, 6) is -0.582. The monoisotopic (exact) mass is 249 g/mol. The first-order valence-corrected chi connectivity index (χ1v) is 6.09. The minimum absolute atomic E-state index is 0.163. The van der Waals surface area contributed by atoms with Crippen molar-refractivity contribution < 1.29 is 14.3 Å². The summed E-state index contributed by atoms with van der Waals surface area (Å²) < 4.78 is 5.39. The SMILES string of the molecule is CC(C)OCCCN1C(=O)/C=C/C=C\C=C\C1=O. The maximum absolute atomic E-state index is 11.8. The Kier molecular flexibility index (Phi) is 6.08. The summed E-state index contributed by atoms with van der Waals surface area (Å²) in [6.45, 7) is 4.82. The highest BCUT2D eigenvalue weighted by Crippen LogP contribution is 2.01. The molecule has 0 bridgehead atoms. The predicted octanol–water partition coefficient (Wildman–Crippen LogP) is 1.84. The lowest BCUT2D eigenvalue weighted by atomic mass is 10.3. The molecule has 0 spiro atoms. The Morgan fingerprint density at radius 3 is 2.11 bits per heavy atom. The molecule has 0 aromatic heterocycles. The molecule has 4 nitrogen and oxygen atoms in total. The molecular formula is C14H19NO3. The van der Waals surface area contributed by atoms with E-state index in [1.807, 2.05) is 13.8 Å². The molecule has 0 unspecified atom stereocenters. The van der Waals surface area contributed by atoms with Crippen LogP contribution in [-0.2, 0) is 14.3 Å². The Labute approximate surface area is 108 Å². The van der Waals surface area contributed by atoms with Crippen molar-refractivity contribution in [3.8, 4) is 0 Å². The zero-order valence-corrected chi connectivity index (χ0v) is 10.8. The van der Waals surface area contributed by atoms with Gasteiger partial charge in [0.15, 0.2) is 0 Å². The van der Waals surface area contributed by atoms with Crippen LogP contribution in [0.3, 0.4) is 0 Å². The van der Waals surface area contributed by atoms with E-state index in [1.165, 1.54) is 17.1 Å². The lowest BCUT2D eigenvalue weighted by Crippen LogP contribution is -2.35. The molecule has 0 radical (unpaired) electrons. The standard InChI is InChI=1S/C14H19NO3/c1-12(2)18-11-7-10-15-13(16)8-5-3-4-6-9-14(15)17/h3-6,8-9,12H,7,10-11H2,1-2H3/b4-3-,8-5+,9-6+. The molecule has 1 aliphatic heterocycles. The summed E-state index contributed by atoms with van der Waals surface area (Å²) in [7, 11) is 0. The number of hydrogen-bond acceptors (Lipinski definition) is 3. The molecule has 0 aliphatic carbocycles. The highest BCUT2D eigenvalue weighted by Gasteiger charge is 2.16. The maximum atomic E-state index is 11.8. The van der Waals surface area contributed by atoms with Crippen LogP contribution in [0, 0.1) is 0 Å². The van der Waals surface area contributed by atoms with Crippen molar-refractivity contribution in [3.05, 3.63) is 36.5 Å². The van der Waals surface area contributed by atoms with E-state index >= 15 is 0 Å². The molecule has 0 atom stereocenters. The van der Waals surface area contributed by atoms with Gasteiger partial charge in [0.05, 0.1) is 6.10 Å². The number of imide groups is 1. The number of nitrogens with zero attached hydrogens (tertiary/aromatic N) is 1. The third-order valence-electron chi connectivity index (χ3n) is 2.32.